The van der Waals surface area contributed by atoms with Crippen LogP contribution in [0, 0.1) is 0 Å². The van der Waals surface area contributed by atoms with E-state index in [-0.39, 0.29) is 11.5 Å². The van der Waals surface area contributed by atoms with E-state index in [4.69, 9.17) is 9.15 Å². The highest BCUT2D eigenvalue weighted by molar-refractivity contribution is 6.08. The van der Waals surface area contributed by atoms with Gasteiger partial charge < -0.3 is 14.9 Å². The molecule has 9 heteroatoms. The van der Waals surface area contributed by atoms with E-state index in [1.165, 1.54) is 18.3 Å². The SMILES string of the molecule is C[C@H](NC(=O)c1cc(-c2cnon2)cc2noc(Cc3ccc4ccccc4c3)c12)c1ccc(C(=O)O)cc1. The Hall–Kier alpha value is -5.31. The molecule has 0 fully saturated rings. The number of carboxylic acid groups (broad SMARTS) is 1. The van der Waals surface area contributed by atoms with Crippen molar-refractivity contribution in [3.05, 3.63) is 113 Å². The molecule has 2 aromatic heterocycles. The molecule has 39 heavy (non-hydrogen) atoms. The molecule has 0 radical (unpaired) electrons. The third kappa shape index (κ3) is 4.73. The van der Waals surface area contributed by atoms with Gasteiger partial charge in [0.25, 0.3) is 5.91 Å². The van der Waals surface area contributed by atoms with E-state index in [0.29, 0.717) is 39.9 Å². The molecule has 0 spiro atoms. The maximum absolute atomic E-state index is 13.7. The molecule has 0 aliphatic carbocycles. The summed E-state index contributed by atoms with van der Waals surface area (Å²) in [6.45, 7) is 1.83. The summed E-state index contributed by atoms with van der Waals surface area (Å²) in [4.78, 5) is 24.9. The summed E-state index contributed by atoms with van der Waals surface area (Å²) >= 11 is 0. The Balaban J connectivity index is 1.38. The standard InChI is InChI=1S/C30H22N4O5/c1-17(19-8-10-21(11-9-19)30(36)37)32-29(35)24-14-23(26-16-31-39-34-26)15-25-28(24)27(38-33-25)13-18-6-7-20-4-2-3-5-22(20)12-18/h2-12,14-17H,13H2,1H3,(H,32,35)(H,36,37)/t17-/m0/s1. The van der Waals surface area contributed by atoms with Crippen molar-refractivity contribution in [2.75, 3.05) is 0 Å². The van der Waals surface area contributed by atoms with Crippen LogP contribution in [-0.2, 0) is 6.42 Å². The van der Waals surface area contributed by atoms with Crippen LogP contribution < -0.4 is 5.32 Å². The molecule has 0 saturated heterocycles. The minimum atomic E-state index is -1.01. The highest BCUT2D eigenvalue weighted by Gasteiger charge is 2.22. The quantitative estimate of drug-likeness (QED) is 0.271. The van der Waals surface area contributed by atoms with Gasteiger partial charge in [0.1, 0.15) is 17.0 Å². The van der Waals surface area contributed by atoms with Crippen LogP contribution in [0.25, 0.3) is 32.9 Å². The number of aromatic nitrogens is 3. The number of rotatable bonds is 7. The van der Waals surface area contributed by atoms with E-state index >= 15 is 0 Å². The van der Waals surface area contributed by atoms with Gasteiger partial charge in [-0.15, -0.1) is 0 Å². The number of nitrogens with zero attached hydrogens (tertiary/aromatic N) is 3. The zero-order valence-corrected chi connectivity index (χ0v) is 20.8. The van der Waals surface area contributed by atoms with Gasteiger partial charge in [-0.2, -0.15) is 0 Å². The molecule has 1 amide bonds. The normalized spacial score (nSPS) is 12.0. The number of aromatic carboxylic acids is 1. The van der Waals surface area contributed by atoms with Crippen LogP contribution >= 0.6 is 0 Å². The van der Waals surface area contributed by atoms with Crippen molar-refractivity contribution in [1.82, 2.24) is 20.8 Å². The Morgan fingerprint density at radius 3 is 2.49 bits per heavy atom. The first-order chi connectivity index (χ1) is 19.0. The number of carboxylic acids is 1. The van der Waals surface area contributed by atoms with Crippen molar-refractivity contribution < 1.29 is 23.8 Å². The lowest BCUT2D eigenvalue weighted by Gasteiger charge is -2.15. The first kappa shape index (κ1) is 24.1. The molecule has 6 aromatic rings. The third-order valence-corrected chi connectivity index (χ3v) is 6.74. The molecule has 9 nitrogen and oxygen atoms in total. The first-order valence-electron chi connectivity index (χ1n) is 12.3. The van der Waals surface area contributed by atoms with Gasteiger partial charge in [0.05, 0.1) is 28.8 Å². The van der Waals surface area contributed by atoms with Crippen LogP contribution in [0.15, 0.2) is 94.2 Å². The molecule has 0 aliphatic heterocycles. The van der Waals surface area contributed by atoms with E-state index < -0.39 is 12.0 Å². The van der Waals surface area contributed by atoms with E-state index in [9.17, 15) is 14.7 Å². The molecule has 1 atom stereocenters. The van der Waals surface area contributed by atoms with Crippen molar-refractivity contribution in [2.24, 2.45) is 0 Å². The van der Waals surface area contributed by atoms with Gasteiger partial charge in [0.15, 0.2) is 0 Å². The third-order valence-electron chi connectivity index (χ3n) is 6.74. The predicted molar refractivity (Wildman–Crippen MR) is 143 cm³/mol. The van der Waals surface area contributed by atoms with Crippen molar-refractivity contribution in [2.45, 2.75) is 19.4 Å². The van der Waals surface area contributed by atoms with Gasteiger partial charge in [-0.05, 0) is 58.2 Å². The Morgan fingerprint density at radius 1 is 0.949 bits per heavy atom. The molecule has 0 aliphatic rings. The number of fused-ring (bicyclic) bond motifs is 2. The largest absolute Gasteiger partial charge is 0.478 e. The van der Waals surface area contributed by atoms with Gasteiger partial charge in [0.2, 0.25) is 0 Å². The lowest BCUT2D eigenvalue weighted by molar-refractivity contribution is 0.0696. The number of carbonyl (C=O) groups is 2. The van der Waals surface area contributed by atoms with Crippen LogP contribution in [0.1, 0.15) is 50.6 Å². The average molecular weight is 519 g/mol. The monoisotopic (exact) mass is 518 g/mol. The lowest BCUT2D eigenvalue weighted by Crippen LogP contribution is -2.27. The fraction of sp³-hybridized carbons (Fsp3) is 0.100. The Kier molecular flexibility index (Phi) is 6.08. The topological polar surface area (TPSA) is 131 Å². The number of nitrogens with one attached hydrogen (secondary N) is 1. The van der Waals surface area contributed by atoms with Gasteiger partial charge in [0, 0.05) is 12.0 Å². The number of benzene rings is 4. The minimum absolute atomic E-state index is 0.177. The molecule has 4 aromatic carbocycles. The maximum atomic E-state index is 13.7. The summed E-state index contributed by atoms with van der Waals surface area (Å²) in [6, 6.07) is 23.8. The van der Waals surface area contributed by atoms with E-state index in [2.05, 4.69) is 45.1 Å². The zero-order valence-electron chi connectivity index (χ0n) is 20.8. The molecule has 0 bridgehead atoms. The summed E-state index contributed by atoms with van der Waals surface area (Å²) in [5.74, 6) is -0.781. The summed E-state index contributed by atoms with van der Waals surface area (Å²) in [5.41, 5.74) is 3.92. The van der Waals surface area contributed by atoms with E-state index in [1.54, 1.807) is 24.3 Å². The van der Waals surface area contributed by atoms with Gasteiger partial charge in [-0.3, -0.25) is 4.79 Å². The smallest absolute Gasteiger partial charge is 0.335 e. The Labute approximate surface area is 222 Å². The van der Waals surface area contributed by atoms with E-state index in [1.807, 2.05) is 25.1 Å². The number of hydrogen-bond acceptors (Lipinski definition) is 7. The van der Waals surface area contributed by atoms with Gasteiger partial charge in [-0.25, -0.2) is 9.42 Å². The summed E-state index contributed by atoms with van der Waals surface area (Å²) < 4.78 is 10.5. The van der Waals surface area contributed by atoms with Crippen molar-refractivity contribution in [1.29, 1.82) is 0 Å². The molecule has 192 valence electrons. The Morgan fingerprint density at radius 2 is 1.74 bits per heavy atom. The summed E-state index contributed by atoms with van der Waals surface area (Å²) in [6.07, 6.45) is 1.91. The second-order valence-electron chi connectivity index (χ2n) is 9.30. The summed E-state index contributed by atoms with van der Waals surface area (Å²) in [7, 11) is 0. The molecule has 2 N–H and O–H groups in total. The number of hydrogen-bond donors (Lipinski definition) is 2. The van der Waals surface area contributed by atoms with Crippen LogP contribution in [0.5, 0.6) is 0 Å². The van der Waals surface area contributed by atoms with Crippen molar-refractivity contribution >= 4 is 33.6 Å². The second-order valence-corrected chi connectivity index (χ2v) is 9.30. The Bertz CT molecular complexity index is 1820. The number of amides is 1. The molecule has 0 unspecified atom stereocenters. The van der Waals surface area contributed by atoms with Crippen LogP contribution in [0.4, 0.5) is 0 Å². The fourth-order valence-electron chi connectivity index (χ4n) is 4.69. The average Bonchev–Trinajstić information content (AvgIpc) is 3.63. The van der Waals surface area contributed by atoms with Crippen molar-refractivity contribution in [3.63, 3.8) is 0 Å². The first-order valence-corrected chi connectivity index (χ1v) is 12.3. The lowest BCUT2D eigenvalue weighted by atomic mass is 9.98. The van der Waals surface area contributed by atoms with Crippen LogP contribution in [0.3, 0.4) is 0 Å². The molecular formula is C30H22N4O5. The second kappa shape index (κ2) is 9.86. The van der Waals surface area contributed by atoms with Gasteiger partial charge >= 0.3 is 5.97 Å². The highest BCUT2D eigenvalue weighted by Crippen LogP contribution is 2.31. The fourth-order valence-corrected chi connectivity index (χ4v) is 4.69. The predicted octanol–water partition coefficient (Wildman–Crippen LogP) is 5.81. The van der Waals surface area contributed by atoms with Crippen LogP contribution in [-0.4, -0.2) is 32.5 Å². The molecular weight excluding hydrogens is 496 g/mol. The van der Waals surface area contributed by atoms with Crippen molar-refractivity contribution in [3.8, 4) is 11.3 Å². The minimum Gasteiger partial charge on any atom is -0.478 e. The highest BCUT2D eigenvalue weighted by atomic mass is 16.6. The molecule has 0 saturated carbocycles. The van der Waals surface area contributed by atoms with Crippen LogP contribution in [0.2, 0.25) is 0 Å². The zero-order chi connectivity index (χ0) is 26.9. The van der Waals surface area contributed by atoms with Gasteiger partial charge in [-0.1, -0.05) is 64.9 Å². The molecule has 2 heterocycles. The molecule has 6 rings (SSSR count). The summed E-state index contributed by atoms with van der Waals surface area (Å²) in [5, 5.41) is 26.9. The van der Waals surface area contributed by atoms with E-state index in [0.717, 1.165) is 21.9 Å². The number of carbonyl (C=O) groups excluding carboxylic acids is 1. The maximum Gasteiger partial charge on any atom is 0.335 e.